The van der Waals surface area contributed by atoms with Crippen LogP contribution >= 0.6 is 15.9 Å². The minimum Gasteiger partial charge on any atom is -0.381 e. The number of hydrogen-bond donors (Lipinski definition) is 3. The lowest BCUT2D eigenvalue weighted by atomic mass is 9.63. The molecule has 0 bridgehead atoms. The molecule has 8 nitrogen and oxygen atoms in total. The van der Waals surface area contributed by atoms with Gasteiger partial charge in [-0.3, -0.25) is 14.6 Å². The lowest BCUT2D eigenvalue weighted by Crippen LogP contribution is -2.43. The van der Waals surface area contributed by atoms with Crippen LogP contribution in [-0.2, 0) is 17.9 Å². The van der Waals surface area contributed by atoms with Gasteiger partial charge in [-0.15, -0.1) is 5.10 Å². The Morgan fingerprint density at radius 1 is 1.34 bits per heavy atom. The predicted octanol–water partition coefficient (Wildman–Crippen LogP) is 3.56. The number of halogens is 1. The third-order valence-electron chi connectivity index (χ3n) is 6.66. The molecule has 2 aromatic heterocycles. The van der Waals surface area contributed by atoms with Crippen molar-refractivity contribution in [3.05, 3.63) is 44.9 Å². The second-order valence-electron chi connectivity index (χ2n) is 9.43. The van der Waals surface area contributed by atoms with Crippen molar-refractivity contribution < 1.29 is 4.79 Å². The fourth-order valence-corrected chi connectivity index (χ4v) is 5.32. The standard InChI is InChI=1S/C23H33BrN6O2/c1-5-16-10-17(14(2)11-23(16,3)4)28-20-19(24)22(32)30(29-21(20)25)13-18(31)27-12-15-6-8-26-9-7-15/h6-9,14,16-17,28H,5,10-13H2,1-4H3,(H2,25,29)(H,27,31)/t14-,16+,17-/m1/s1. The first-order chi connectivity index (χ1) is 15.1. The Kier molecular flexibility index (Phi) is 7.59. The van der Waals surface area contributed by atoms with Gasteiger partial charge in [0.15, 0.2) is 5.82 Å². The summed E-state index contributed by atoms with van der Waals surface area (Å²) in [5, 5.41) is 10.5. The summed E-state index contributed by atoms with van der Waals surface area (Å²) in [5.74, 6) is 0.898. The van der Waals surface area contributed by atoms with Gasteiger partial charge in [0.05, 0.1) is 5.69 Å². The van der Waals surface area contributed by atoms with E-state index in [1.807, 2.05) is 12.1 Å². The number of nitrogen functional groups attached to an aromatic ring is 1. The van der Waals surface area contributed by atoms with E-state index in [0.717, 1.165) is 29.5 Å². The Hall–Kier alpha value is -2.42. The molecular formula is C23H33BrN6O2. The second-order valence-corrected chi connectivity index (χ2v) is 10.2. The number of carbonyl (C=O) groups excluding carboxylic acids is 1. The predicted molar refractivity (Wildman–Crippen MR) is 130 cm³/mol. The van der Waals surface area contributed by atoms with E-state index in [4.69, 9.17) is 5.73 Å². The molecule has 1 aliphatic carbocycles. The first-order valence-electron chi connectivity index (χ1n) is 11.1. The van der Waals surface area contributed by atoms with Crippen molar-refractivity contribution in [2.75, 3.05) is 11.1 Å². The maximum atomic E-state index is 12.9. The zero-order chi connectivity index (χ0) is 23.5. The summed E-state index contributed by atoms with van der Waals surface area (Å²) in [6, 6.07) is 3.83. The number of hydrogen-bond acceptors (Lipinski definition) is 6. The Bertz CT molecular complexity index is 1010. The van der Waals surface area contributed by atoms with Gasteiger partial charge >= 0.3 is 0 Å². The number of aromatic nitrogens is 3. The highest BCUT2D eigenvalue weighted by atomic mass is 79.9. The van der Waals surface area contributed by atoms with Crippen LogP contribution in [-0.4, -0.2) is 26.7 Å². The van der Waals surface area contributed by atoms with E-state index in [1.165, 1.54) is 0 Å². The van der Waals surface area contributed by atoms with Crippen LogP contribution in [0.15, 0.2) is 33.8 Å². The summed E-state index contributed by atoms with van der Waals surface area (Å²) in [6.07, 6.45) is 6.55. The number of rotatable bonds is 7. The van der Waals surface area contributed by atoms with Gasteiger partial charge in [-0.2, -0.15) is 0 Å². The molecule has 1 aliphatic rings. The van der Waals surface area contributed by atoms with Crippen molar-refractivity contribution >= 4 is 33.3 Å². The maximum Gasteiger partial charge on any atom is 0.283 e. The number of amides is 1. The zero-order valence-electron chi connectivity index (χ0n) is 19.2. The van der Waals surface area contributed by atoms with Crippen LogP contribution < -0.4 is 21.9 Å². The minimum atomic E-state index is -0.392. The highest BCUT2D eigenvalue weighted by Gasteiger charge is 2.39. The Morgan fingerprint density at radius 2 is 2.03 bits per heavy atom. The van der Waals surface area contributed by atoms with Crippen LogP contribution in [0, 0.1) is 17.3 Å². The maximum absolute atomic E-state index is 12.9. The molecule has 4 N–H and O–H groups in total. The first-order valence-corrected chi connectivity index (χ1v) is 11.9. The number of nitrogens with one attached hydrogen (secondary N) is 2. The molecule has 0 radical (unpaired) electrons. The monoisotopic (exact) mass is 504 g/mol. The van der Waals surface area contributed by atoms with Crippen molar-refractivity contribution in [1.82, 2.24) is 20.1 Å². The van der Waals surface area contributed by atoms with Crippen LogP contribution in [0.3, 0.4) is 0 Å². The van der Waals surface area contributed by atoms with Gasteiger partial charge < -0.3 is 16.4 Å². The average Bonchev–Trinajstić information content (AvgIpc) is 2.75. The van der Waals surface area contributed by atoms with Crippen molar-refractivity contribution in [3.8, 4) is 0 Å². The molecule has 2 aromatic rings. The van der Waals surface area contributed by atoms with E-state index in [-0.39, 0.29) is 24.3 Å². The minimum absolute atomic E-state index is 0.198. The second kappa shape index (κ2) is 10.0. The van der Waals surface area contributed by atoms with E-state index in [1.54, 1.807) is 12.4 Å². The molecule has 1 saturated carbocycles. The van der Waals surface area contributed by atoms with Crippen molar-refractivity contribution in [1.29, 1.82) is 0 Å². The average molecular weight is 505 g/mol. The number of pyridine rings is 1. The lowest BCUT2D eigenvalue weighted by molar-refractivity contribution is -0.122. The van der Waals surface area contributed by atoms with Gasteiger partial charge in [0.1, 0.15) is 11.0 Å². The van der Waals surface area contributed by atoms with Crippen LogP contribution in [0.2, 0.25) is 0 Å². The van der Waals surface area contributed by atoms with Crippen molar-refractivity contribution in [2.45, 2.75) is 66.1 Å². The van der Waals surface area contributed by atoms with Crippen LogP contribution in [0.5, 0.6) is 0 Å². The van der Waals surface area contributed by atoms with Gasteiger partial charge in [-0.1, -0.05) is 34.1 Å². The molecule has 1 fully saturated rings. The molecule has 0 aliphatic heterocycles. The molecular weight excluding hydrogens is 472 g/mol. The summed E-state index contributed by atoms with van der Waals surface area (Å²) in [4.78, 5) is 29.2. The lowest BCUT2D eigenvalue weighted by Gasteiger charge is -2.46. The Labute approximate surface area is 197 Å². The molecule has 0 spiro atoms. The third-order valence-corrected chi connectivity index (χ3v) is 7.40. The van der Waals surface area contributed by atoms with E-state index in [2.05, 4.69) is 64.3 Å². The molecule has 9 heteroatoms. The highest BCUT2D eigenvalue weighted by molar-refractivity contribution is 9.10. The summed E-state index contributed by atoms with van der Waals surface area (Å²) in [6.45, 7) is 9.27. The molecule has 32 heavy (non-hydrogen) atoms. The molecule has 0 aromatic carbocycles. The number of nitrogens with two attached hydrogens (primary N) is 1. The Balaban J connectivity index is 1.71. The largest absolute Gasteiger partial charge is 0.381 e. The SMILES string of the molecule is CC[C@H]1C[C@@H](Nc2c(N)nn(CC(=O)NCc3ccncc3)c(=O)c2Br)[C@H](C)CC1(C)C. The summed E-state index contributed by atoms with van der Waals surface area (Å²) >= 11 is 3.39. The molecule has 174 valence electrons. The van der Waals surface area contributed by atoms with Crippen LogP contribution in [0.1, 0.15) is 52.5 Å². The molecule has 2 heterocycles. The van der Waals surface area contributed by atoms with E-state index >= 15 is 0 Å². The number of carbonyl (C=O) groups is 1. The number of anilines is 2. The molecule has 3 atom stereocenters. The van der Waals surface area contributed by atoms with Crippen LogP contribution in [0.4, 0.5) is 11.5 Å². The Morgan fingerprint density at radius 3 is 2.69 bits per heavy atom. The van der Waals surface area contributed by atoms with Gasteiger partial charge in [0, 0.05) is 25.0 Å². The third kappa shape index (κ3) is 5.49. The van der Waals surface area contributed by atoms with E-state index < -0.39 is 5.56 Å². The van der Waals surface area contributed by atoms with Gasteiger partial charge in [-0.05, 0) is 63.7 Å². The smallest absolute Gasteiger partial charge is 0.283 e. The van der Waals surface area contributed by atoms with E-state index in [0.29, 0.717) is 34.0 Å². The van der Waals surface area contributed by atoms with Crippen molar-refractivity contribution in [3.63, 3.8) is 0 Å². The molecule has 1 amide bonds. The van der Waals surface area contributed by atoms with Crippen molar-refractivity contribution in [2.24, 2.45) is 17.3 Å². The normalized spacial score (nSPS) is 22.3. The van der Waals surface area contributed by atoms with Gasteiger partial charge in [0.2, 0.25) is 5.91 Å². The quantitative estimate of drug-likeness (QED) is 0.530. The molecule has 0 unspecified atom stereocenters. The molecule has 3 rings (SSSR count). The van der Waals surface area contributed by atoms with Gasteiger partial charge in [0.25, 0.3) is 5.56 Å². The number of nitrogens with zero attached hydrogens (tertiary/aromatic N) is 3. The fraction of sp³-hybridized carbons (Fsp3) is 0.565. The molecule has 0 saturated heterocycles. The highest BCUT2D eigenvalue weighted by Crippen LogP contribution is 2.46. The summed E-state index contributed by atoms with van der Waals surface area (Å²) in [5.41, 5.74) is 7.54. The van der Waals surface area contributed by atoms with E-state index in [9.17, 15) is 9.59 Å². The van der Waals surface area contributed by atoms with Gasteiger partial charge in [-0.25, -0.2) is 4.68 Å². The topological polar surface area (TPSA) is 115 Å². The zero-order valence-corrected chi connectivity index (χ0v) is 20.8. The summed E-state index contributed by atoms with van der Waals surface area (Å²) in [7, 11) is 0. The fourth-order valence-electron chi connectivity index (χ4n) is 4.80. The van der Waals surface area contributed by atoms with Crippen LogP contribution in [0.25, 0.3) is 0 Å². The summed E-state index contributed by atoms with van der Waals surface area (Å²) < 4.78 is 1.39. The first kappa shape index (κ1) is 24.2.